The van der Waals surface area contributed by atoms with Crippen LogP contribution in [-0.4, -0.2) is 22.2 Å². The smallest absolute Gasteiger partial charge is 0.336 e. The molecule has 0 spiro atoms. The Morgan fingerprint density at radius 3 is 2.13 bits per heavy atom. The second kappa shape index (κ2) is 4.76. The molecule has 1 rings (SSSR count). The highest BCUT2D eigenvalue weighted by atomic mass is 79.9. The third kappa shape index (κ3) is 2.57. The molecule has 0 aliphatic heterocycles. The monoisotopic (exact) mass is 336 g/mol. The number of halogens is 2. The fourth-order valence-electron chi connectivity index (χ4n) is 1.17. The van der Waals surface area contributed by atoms with Crippen LogP contribution in [0.1, 0.15) is 30.0 Å². The van der Waals surface area contributed by atoms with Crippen LogP contribution in [0.25, 0.3) is 0 Å². The molecule has 15 heavy (non-hydrogen) atoms. The van der Waals surface area contributed by atoms with Gasteiger partial charge < -0.3 is 10.2 Å². The lowest BCUT2D eigenvalue weighted by atomic mass is 10.0. The lowest BCUT2D eigenvalue weighted by molar-refractivity contribution is 0.0650. The van der Waals surface area contributed by atoms with Crippen molar-refractivity contribution >= 4 is 43.8 Å². The van der Waals surface area contributed by atoms with Gasteiger partial charge in [-0.2, -0.15) is 0 Å². The number of benzene rings is 1. The molecular formula is C9H6Br2O4. The van der Waals surface area contributed by atoms with Crippen LogP contribution in [0.3, 0.4) is 0 Å². The number of carbonyl (C=O) groups is 2. The van der Waals surface area contributed by atoms with E-state index in [0.717, 1.165) is 0 Å². The molecule has 0 heterocycles. The number of hydrogen-bond acceptors (Lipinski definition) is 2. The summed E-state index contributed by atoms with van der Waals surface area (Å²) in [4.78, 5) is 21.8. The molecule has 0 bridgehead atoms. The first kappa shape index (κ1) is 12.2. The van der Waals surface area contributed by atoms with Gasteiger partial charge in [0.25, 0.3) is 0 Å². The van der Waals surface area contributed by atoms with Gasteiger partial charge in [0.2, 0.25) is 0 Å². The third-order valence-corrected chi connectivity index (χ3v) is 2.76. The highest BCUT2D eigenvalue weighted by Gasteiger charge is 2.22. The highest BCUT2D eigenvalue weighted by Crippen LogP contribution is 2.33. The molecule has 2 N–H and O–H groups in total. The maximum atomic E-state index is 10.9. The molecule has 4 nitrogen and oxygen atoms in total. The van der Waals surface area contributed by atoms with Crippen LogP contribution in [0.5, 0.6) is 0 Å². The van der Waals surface area contributed by atoms with Gasteiger partial charge in [-0.1, -0.05) is 44.0 Å². The summed E-state index contributed by atoms with van der Waals surface area (Å²) in [5, 5.41) is 17.8. The van der Waals surface area contributed by atoms with Gasteiger partial charge in [0.15, 0.2) is 0 Å². The molecule has 0 atom stereocenters. The van der Waals surface area contributed by atoms with Gasteiger partial charge in [-0.15, -0.1) is 0 Å². The van der Waals surface area contributed by atoms with Crippen molar-refractivity contribution in [2.75, 3.05) is 0 Å². The molecule has 0 aromatic heterocycles. The molecule has 1 aromatic carbocycles. The summed E-state index contributed by atoms with van der Waals surface area (Å²) in [6.45, 7) is 0. The van der Waals surface area contributed by atoms with Crippen molar-refractivity contribution in [2.45, 2.75) is 3.74 Å². The van der Waals surface area contributed by atoms with Crippen LogP contribution >= 0.6 is 31.9 Å². The van der Waals surface area contributed by atoms with E-state index >= 15 is 0 Å². The minimum absolute atomic E-state index is 0.205. The van der Waals surface area contributed by atoms with Gasteiger partial charge >= 0.3 is 11.9 Å². The molecule has 0 saturated heterocycles. The van der Waals surface area contributed by atoms with Gasteiger partial charge in [-0.25, -0.2) is 9.59 Å². The van der Waals surface area contributed by atoms with E-state index in [-0.39, 0.29) is 11.1 Å². The minimum atomic E-state index is -1.26. The Kier molecular flexibility index (Phi) is 3.87. The van der Waals surface area contributed by atoms with Gasteiger partial charge in [-0.05, 0) is 11.6 Å². The third-order valence-electron chi connectivity index (χ3n) is 1.78. The summed E-state index contributed by atoms with van der Waals surface area (Å²) in [5.41, 5.74) is -0.0462. The van der Waals surface area contributed by atoms with E-state index in [9.17, 15) is 9.59 Å². The first-order valence-electron chi connectivity index (χ1n) is 3.82. The Bertz CT molecular complexity index is 415. The predicted octanol–water partition coefficient (Wildman–Crippen LogP) is 2.87. The van der Waals surface area contributed by atoms with Crippen LogP contribution in [0.15, 0.2) is 18.2 Å². The zero-order valence-corrected chi connectivity index (χ0v) is 10.4. The first-order valence-corrected chi connectivity index (χ1v) is 5.66. The summed E-state index contributed by atoms with van der Waals surface area (Å²) in [6.07, 6.45) is 0. The summed E-state index contributed by atoms with van der Waals surface area (Å²) in [5.74, 6) is -2.51. The number of hydrogen-bond donors (Lipinski definition) is 2. The van der Waals surface area contributed by atoms with E-state index in [1.807, 2.05) is 0 Å². The van der Waals surface area contributed by atoms with Gasteiger partial charge in [-0.3, -0.25) is 0 Å². The van der Waals surface area contributed by atoms with E-state index in [4.69, 9.17) is 10.2 Å². The van der Waals surface area contributed by atoms with Crippen LogP contribution in [-0.2, 0) is 0 Å². The number of carboxylic acids is 2. The molecule has 80 valence electrons. The first-order chi connectivity index (χ1) is 6.95. The summed E-state index contributed by atoms with van der Waals surface area (Å²) >= 11 is 6.29. The zero-order valence-electron chi connectivity index (χ0n) is 7.28. The zero-order chi connectivity index (χ0) is 11.6. The molecule has 0 unspecified atom stereocenters. The number of aromatic carboxylic acids is 2. The van der Waals surface area contributed by atoms with Crippen LogP contribution < -0.4 is 0 Å². The maximum absolute atomic E-state index is 10.9. The van der Waals surface area contributed by atoms with Crippen molar-refractivity contribution in [3.8, 4) is 0 Å². The number of rotatable bonds is 3. The average Bonchev–Trinajstić information content (AvgIpc) is 2.16. The fraction of sp³-hybridized carbons (Fsp3) is 0.111. The Labute approximate surface area is 102 Å². The van der Waals surface area contributed by atoms with Crippen LogP contribution in [0, 0.1) is 0 Å². The molecule has 0 amide bonds. The molecule has 0 fully saturated rings. The van der Waals surface area contributed by atoms with Crippen molar-refractivity contribution in [1.82, 2.24) is 0 Å². The molecule has 6 heteroatoms. The van der Waals surface area contributed by atoms with Crippen LogP contribution in [0.4, 0.5) is 0 Å². The maximum Gasteiger partial charge on any atom is 0.336 e. The number of alkyl halides is 2. The summed E-state index contributed by atoms with van der Waals surface area (Å²) in [7, 11) is 0. The Balaban J connectivity index is 3.48. The average molecular weight is 338 g/mol. The predicted molar refractivity (Wildman–Crippen MR) is 61.0 cm³/mol. The largest absolute Gasteiger partial charge is 0.478 e. The van der Waals surface area contributed by atoms with Gasteiger partial charge in [0, 0.05) is 0 Å². The highest BCUT2D eigenvalue weighted by molar-refractivity contribution is 9.24. The van der Waals surface area contributed by atoms with E-state index in [0.29, 0.717) is 5.56 Å². The second-order valence-corrected chi connectivity index (χ2v) is 5.74. The molecule has 0 aliphatic rings. The van der Waals surface area contributed by atoms with E-state index in [1.54, 1.807) is 6.07 Å². The fourth-order valence-corrected chi connectivity index (χ4v) is 1.93. The SMILES string of the molecule is O=C(O)c1cccc(C(Br)Br)c1C(=O)O. The van der Waals surface area contributed by atoms with Crippen molar-refractivity contribution < 1.29 is 19.8 Å². The Morgan fingerprint density at radius 1 is 1.13 bits per heavy atom. The lowest BCUT2D eigenvalue weighted by Crippen LogP contribution is -2.11. The summed E-state index contributed by atoms with van der Waals surface area (Å²) < 4.78 is -0.393. The molecular weight excluding hydrogens is 332 g/mol. The summed E-state index contributed by atoms with van der Waals surface area (Å²) in [6, 6.07) is 4.31. The minimum Gasteiger partial charge on any atom is -0.478 e. The Hall–Kier alpha value is -0.880. The molecule has 0 aliphatic carbocycles. The lowest BCUT2D eigenvalue weighted by Gasteiger charge is -2.09. The number of carboxylic acid groups (broad SMARTS) is 2. The molecule has 1 aromatic rings. The second-order valence-electron chi connectivity index (χ2n) is 2.68. The standard InChI is InChI=1S/C9H6Br2O4/c10-7(11)4-2-1-3-5(8(12)13)6(4)9(14)15/h1-3,7H,(H,12,13)(H,14,15). The molecule has 0 saturated carbocycles. The van der Waals surface area contributed by atoms with E-state index < -0.39 is 15.7 Å². The quantitative estimate of drug-likeness (QED) is 0.832. The molecule has 0 radical (unpaired) electrons. The van der Waals surface area contributed by atoms with Crippen molar-refractivity contribution in [2.24, 2.45) is 0 Å². The normalized spacial score (nSPS) is 10.3. The van der Waals surface area contributed by atoms with E-state index in [2.05, 4.69) is 31.9 Å². The van der Waals surface area contributed by atoms with E-state index in [1.165, 1.54) is 12.1 Å². The van der Waals surface area contributed by atoms with Gasteiger partial charge in [0.1, 0.15) is 0 Å². The Morgan fingerprint density at radius 2 is 1.73 bits per heavy atom. The van der Waals surface area contributed by atoms with Crippen molar-refractivity contribution in [3.63, 3.8) is 0 Å². The van der Waals surface area contributed by atoms with Crippen molar-refractivity contribution in [1.29, 1.82) is 0 Å². The van der Waals surface area contributed by atoms with Crippen LogP contribution in [0.2, 0.25) is 0 Å². The van der Waals surface area contributed by atoms with Crippen molar-refractivity contribution in [3.05, 3.63) is 34.9 Å². The van der Waals surface area contributed by atoms with Gasteiger partial charge in [0.05, 0.1) is 14.9 Å². The topological polar surface area (TPSA) is 74.6 Å².